The molecule has 6 heteroatoms. The van der Waals surface area contributed by atoms with Gasteiger partial charge in [0, 0.05) is 37.1 Å². The van der Waals surface area contributed by atoms with E-state index in [9.17, 15) is 4.79 Å². The standard InChI is InChI=1S/C16H24ClN3O2/c1-12(10-18)16(21)19-11-15(20-6-8-22-9-7-20)13-2-4-14(17)5-3-13/h2-5,12,15H,6-11,18H2,1H3,(H,19,21). The monoisotopic (exact) mass is 325 g/mol. The first-order valence-electron chi connectivity index (χ1n) is 7.67. The fourth-order valence-corrected chi connectivity index (χ4v) is 2.64. The Balaban J connectivity index is 2.07. The van der Waals surface area contributed by atoms with Crippen LogP contribution in [0.1, 0.15) is 18.5 Å². The van der Waals surface area contributed by atoms with Crippen LogP contribution in [0.2, 0.25) is 5.02 Å². The number of amides is 1. The van der Waals surface area contributed by atoms with Crippen molar-refractivity contribution in [2.45, 2.75) is 13.0 Å². The molecule has 2 rings (SSSR count). The minimum atomic E-state index is -0.171. The van der Waals surface area contributed by atoms with Gasteiger partial charge in [0.1, 0.15) is 0 Å². The van der Waals surface area contributed by atoms with Gasteiger partial charge in [0.15, 0.2) is 0 Å². The van der Waals surface area contributed by atoms with Crippen molar-refractivity contribution >= 4 is 17.5 Å². The van der Waals surface area contributed by atoms with Gasteiger partial charge >= 0.3 is 0 Å². The molecule has 0 aromatic heterocycles. The van der Waals surface area contributed by atoms with Crippen LogP contribution in [-0.2, 0) is 9.53 Å². The van der Waals surface area contributed by atoms with Crippen LogP contribution in [0.5, 0.6) is 0 Å². The number of nitrogens with zero attached hydrogens (tertiary/aromatic N) is 1. The summed E-state index contributed by atoms with van der Waals surface area (Å²) in [7, 11) is 0. The van der Waals surface area contributed by atoms with E-state index in [0.29, 0.717) is 18.1 Å². The zero-order chi connectivity index (χ0) is 15.9. The molecule has 2 unspecified atom stereocenters. The lowest BCUT2D eigenvalue weighted by molar-refractivity contribution is -0.124. The van der Waals surface area contributed by atoms with Crippen LogP contribution >= 0.6 is 11.6 Å². The normalized spacial score (nSPS) is 18.7. The number of nitrogens with one attached hydrogen (secondary N) is 1. The maximum Gasteiger partial charge on any atom is 0.224 e. The van der Waals surface area contributed by atoms with Crippen LogP contribution in [0, 0.1) is 5.92 Å². The lowest BCUT2D eigenvalue weighted by Gasteiger charge is -2.35. The summed E-state index contributed by atoms with van der Waals surface area (Å²) in [5.74, 6) is -0.176. The van der Waals surface area contributed by atoms with E-state index in [2.05, 4.69) is 10.2 Å². The van der Waals surface area contributed by atoms with Gasteiger partial charge in [-0.25, -0.2) is 0 Å². The molecule has 1 aliphatic rings. The first-order chi connectivity index (χ1) is 10.6. The Bertz CT molecular complexity index is 475. The van der Waals surface area contributed by atoms with Crippen LogP contribution in [0.25, 0.3) is 0 Å². The molecule has 1 aromatic carbocycles. The summed E-state index contributed by atoms with van der Waals surface area (Å²) in [6, 6.07) is 7.92. The number of morpholine rings is 1. The average Bonchev–Trinajstić information content (AvgIpc) is 2.56. The summed E-state index contributed by atoms with van der Waals surface area (Å²) in [6.07, 6.45) is 0. The topological polar surface area (TPSA) is 67.6 Å². The van der Waals surface area contributed by atoms with Crippen molar-refractivity contribution in [2.75, 3.05) is 39.4 Å². The fraction of sp³-hybridized carbons (Fsp3) is 0.562. The van der Waals surface area contributed by atoms with Gasteiger partial charge in [-0.15, -0.1) is 0 Å². The number of rotatable bonds is 6. The largest absolute Gasteiger partial charge is 0.379 e. The quantitative estimate of drug-likeness (QED) is 0.830. The van der Waals surface area contributed by atoms with Gasteiger partial charge < -0.3 is 15.8 Å². The lowest BCUT2D eigenvalue weighted by Crippen LogP contribution is -2.45. The Morgan fingerprint density at radius 1 is 1.36 bits per heavy atom. The third-order valence-corrected chi connectivity index (χ3v) is 4.26. The van der Waals surface area contributed by atoms with Crippen LogP contribution in [0.3, 0.4) is 0 Å². The van der Waals surface area contributed by atoms with Crippen molar-refractivity contribution < 1.29 is 9.53 Å². The predicted octanol–water partition coefficient (Wildman–Crippen LogP) is 1.42. The van der Waals surface area contributed by atoms with Crippen LogP contribution < -0.4 is 11.1 Å². The molecule has 1 aliphatic heterocycles. The SMILES string of the molecule is CC(CN)C(=O)NCC(c1ccc(Cl)cc1)N1CCOCC1. The highest BCUT2D eigenvalue weighted by Crippen LogP contribution is 2.23. The molecule has 1 amide bonds. The molecular weight excluding hydrogens is 302 g/mol. The van der Waals surface area contributed by atoms with Gasteiger partial charge in [0.25, 0.3) is 0 Å². The lowest BCUT2D eigenvalue weighted by atomic mass is 10.0. The number of hydrogen-bond acceptors (Lipinski definition) is 4. The Labute approximate surface area is 136 Å². The second-order valence-corrected chi connectivity index (χ2v) is 6.03. The van der Waals surface area contributed by atoms with Gasteiger partial charge in [-0.1, -0.05) is 30.7 Å². The molecule has 122 valence electrons. The van der Waals surface area contributed by atoms with E-state index in [4.69, 9.17) is 22.1 Å². The molecule has 1 heterocycles. The summed E-state index contributed by atoms with van der Waals surface area (Å²) >= 11 is 5.97. The fourth-order valence-electron chi connectivity index (χ4n) is 2.51. The maximum atomic E-state index is 12.0. The molecule has 22 heavy (non-hydrogen) atoms. The van der Waals surface area contributed by atoms with E-state index in [1.165, 1.54) is 0 Å². The summed E-state index contributed by atoms with van der Waals surface area (Å²) in [5.41, 5.74) is 6.69. The van der Waals surface area contributed by atoms with Crippen LogP contribution in [0.4, 0.5) is 0 Å². The van der Waals surface area contributed by atoms with E-state index in [0.717, 1.165) is 31.9 Å². The summed E-state index contributed by atoms with van der Waals surface area (Å²) in [4.78, 5) is 14.3. The highest BCUT2D eigenvalue weighted by Gasteiger charge is 2.23. The maximum absolute atomic E-state index is 12.0. The molecule has 0 aliphatic carbocycles. The van der Waals surface area contributed by atoms with Gasteiger partial charge in [0.2, 0.25) is 5.91 Å². The Hall–Kier alpha value is -1.14. The van der Waals surface area contributed by atoms with Gasteiger partial charge in [-0.3, -0.25) is 9.69 Å². The molecule has 1 saturated heterocycles. The zero-order valence-electron chi connectivity index (χ0n) is 12.9. The minimum Gasteiger partial charge on any atom is -0.379 e. The smallest absolute Gasteiger partial charge is 0.224 e. The third-order valence-electron chi connectivity index (χ3n) is 4.01. The highest BCUT2D eigenvalue weighted by atomic mass is 35.5. The van der Waals surface area contributed by atoms with Crippen molar-refractivity contribution in [1.29, 1.82) is 0 Å². The number of halogens is 1. The number of ether oxygens (including phenoxy) is 1. The number of nitrogens with two attached hydrogens (primary N) is 1. The molecule has 0 bridgehead atoms. The van der Waals surface area contributed by atoms with Crippen molar-refractivity contribution in [3.05, 3.63) is 34.9 Å². The van der Waals surface area contributed by atoms with Crippen molar-refractivity contribution in [1.82, 2.24) is 10.2 Å². The van der Waals surface area contributed by atoms with Gasteiger partial charge in [-0.05, 0) is 17.7 Å². The molecule has 3 N–H and O–H groups in total. The molecule has 1 fully saturated rings. The Morgan fingerprint density at radius 3 is 2.59 bits per heavy atom. The van der Waals surface area contributed by atoms with Crippen LogP contribution in [-0.4, -0.2) is 50.2 Å². The van der Waals surface area contributed by atoms with Crippen molar-refractivity contribution in [3.8, 4) is 0 Å². The minimum absolute atomic E-state index is 0.00489. The molecule has 2 atom stereocenters. The molecule has 0 saturated carbocycles. The first kappa shape index (κ1) is 17.2. The third kappa shape index (κ3) is 4.68. The summed E-state index contributed by atoms with van der Waals surface area (Å²) < 4.78 is 5.42. The molecule has 0 spiro atoms. The summed E-state index contributed by atoms with van der Waals surface area (Å²) in [5, 5.41) is 3.72. The first-order valence-corrected chi connectivity index (χ1v) is 8.04. The number of carbonyl (C=O) groups is 1. The van der Waals surface area contributed by atoms with Gasteiger partial charge in [0.05, 0.1) is 19.3 Å². The van der Waals surface area contributed by atoms with Crippen molar-refractivity contribution in [2.24, 2.45) is 11.7 Å². The Morgan fingerprint density at radius 2 is 2.00 bits per heavy atom. The zero-order valence-corrected chi connectivity index (χ0v) is 13.7. The number of hydrogen-bond donors (Lipinski definition) is 2. The average molecular weight is 326 g/mol. The van der Waals surface area contributed by atoms with E-state index in [1.807, 2.05) is 31.2 Å². The molecule has 5 nitrogen and oxygen atoms in total. The number of benzene rings is 1. The van der Waals surface area contributed by atoms with E-state index < -0.39 is 0 Å². The van der Waals surface area contributed by atoms with E-state index >= 15 is 0 Å². The number of carbonyl (C=O) groups excluding carboxylic acids is 1. The van der Waals surface area contributed by atoms with Gasteiger partial charge in [-0.2, -0.15) is 0 Å². The van der Waals surface area contributed by atoms with E-state index in [-0.39, 0.29) is 17.9 Å². The Kier molecular flexibility index (Phi) is 6.64. The second kappa shape index (κ2) is 8.48. The molecule has 1 aromatic rings. The predicted molar refractivity (Wildman–Crippen MR) is 87.8 cm³/mol. The molecular formula is C16H24ClN3O2. The highest BCUT2D eigenvalue weighted by molar-refractivity contribution is 6.30. The molecule has 0 radical (unpaired) electrons. The summed E-state index contributed by atoms with van der Waals surface area (Å²) in [6.45, 7) is 5.90. The second-order valence-electron chi connectivity index (χ2n) is 5.60. The van der Waals surface area contributed by atoms with E-state index in [1.54, 1.807) is 0 Å². The van der Waals surface area contributed by atoms with Crippen molar-refractivity contribution in [3.63, 3.8) is 0 Å². The van der Waals surface area contributed by atoms with Crippen LogP contribution in [0.15, 0.2) is 24.3 Å².